The average Bonchev–Trinajstić information content (AvgIpc) is 3.20. The first-order chi connectivity index (χ1) is 15.2. The molecule has 2 N–H and O–H groups in total. The van der Waals surface area contributed by atoms with Gasteiger partial charge in [-0.05, 0) is 58.1 Å². The van der Waals surface area contributed by atoms with Crippen molar-refractivity contribution in [3.8, 4) is 11.1 Å². The Morgan fingerprint density at radius 1 is 1.00 bits per heavy atom. The molecule has 1 heterocycles. The predicted octanol–water partition coefficient (Wildman–Crippen LogP) is 6.90. The first kappa shape index (κ1) is 24.8. The highest BCUT2D eigenvalue weighted by Crippen LogP contribution is 2.34. The van der Waals surface area contributed by atoms with E-state index >= 15 is 0 Å². The van der Waals surface area contributed by atoms with Crippen LogP contribution in [-0.4, -0.2) is 20.2 Å². The minimum atomic E-state index is -4.55. The number of hydrogen-bond acceptors (Lipinski definition) is 4. The van der Waals surface area contributed by atoms with Crippen molar-refractivity contribution in [3.63, 3.8) is 0 Å². The second kappa shape index (κ2) is 9.18. The highest BCUT2D eigenvalue weighted by molar-refractivity contribution is 7.91. The van der Waals surface area contributed by atoms with Crippen LogP contribution in [0.2, 0.25) is 0 Å². The molecule has 0 aliphatic carbocycles. The van der Waals surface area contributed by atoms with Gasteiger partial charge in [0.15, 0.2) is 9.84 Å². The van der Waals surface area contributed by atoms with Crippen molar-refractivity contribution in [3.05, 3.63) is 64.9 Å². The Morgan fingerprint density at radius 2 is 1.73 bits per heavy atom. The molecule has 33 heavy (non-hydrogen) atoms. The van der Waals surface area contributed by atoms with Crippen LogP contribution in [0.4, 0.5) is 29.3 Å². The molecular weight excluding hydrogens is 473 g/mol. The van der Waals surface area contributed by atoms with Gasteiger partial charge in [-0.3, -0.25) is 0 Å². The molecule has 5 nitrogen and oxygen atoms in total. The van der Waals surface area contributed by atoms with Crippen LogP contribution in [0, 0.1) is 5.41 Å². The van der Waals surface area contributed by atoms with Crippen molar-refractivity contribution in [2.75, 3.05) is 16.4 Å². The van der Waals surface area contributed by atoms with Gasteiger partial charge in [-0.15, -0.1) is 0 Å². The Bertz CT molecular complexity index is 1250. The smallest absolute Gasteiger partial charge is 0.308 e. The second-order valence-corrected chi connectivity index (χ2v) is 11.5. The van der Waals surface area contributed by atoms with E-state index < -0.39 is 33.0 Å². The molecule has 2 amide bonds. The summed E-state index contributed by atoms with van der Waals surface area (Å²) in [5.74, 6) is -0.0896. The molecular formula is C23H23F3N2O3S2. The molecule has 0 aliphatic heterocycles. The number of sulfone groups is 1. The molecule has 0 fully saturated rings. The number of anilines is 2. The maximum absolute atomic E-state index is 13.0. The predicted molar refractivity (Wildman–Crippen MR) is 125 cm³/mol. The van der Waals surface area contributed by atoms with Gasteiger partial charge in [0.05, 0.1) is 21.9 Å². The molecule has 2 aromatic carbocycles. The fourth-order valence-corrected chi connectivity index (χ4v) is 5.74. The Kier molecular flexibility index (Phi) is 6.90. The number of carbonyl (C=O) groups excluding carboxylic acids is 1. The Hall–Kier alpha value is -2.85. The highest BCUT2D eigenvalue weighted by atomic mass is 32.2. The van der Waals surface area contributed by atoms with E-state index in [0.29, 0.717) is 5.56 Å². The molecule has 0 radical (unpaired) electrons. The first-order valence-corrected chi connectivity index (χ1v) is 12.5. The van der Waals surface area contributed by atoms with Crippen molar-refractivity contribution in [1.82, 2.24) is 0 Å². The van der Waals surface area contributed by atoms with Crippen LogP contribution in [0.3, 0.4) is 0 Å². The van der Waals surface area contributed by atoms with Gasteiger partial charge in [0, 0.05) is 11.3 Å². The lowest BCUT2D eigenvalue weighted by Gasteiger charge is -2.19. The van der Waals surface area contributed by atoms with Crippen molar-refractivity contribution < 1.29 is 26.4 Å². The van der Waals surface area contributed by atoms with Gasteiger partial charge < -0.3 is 10.6 Å². The van der Waals surface area contributed by atoms with Gasteiger partial charge in [0.1, 0.15) is 0 Å². The SMILES string of the molecule is CC(C)(C)CS(=O)(=O)c1ccc(-c2ccsc2)c(NC(=O)Nc2cccc(C(F)(F)F)c2)c1. The molecule has 1 aromatic heterocycles. The number of alkyl halides is 3. The van der Waals surface area contributed by atoms with Gasteiger partial charge in [0.25, 0.3) is 0 Å². The zero-order valence-electron chi connectivity index (χ0n) is 18.2. The molecule has 0 spiro atoms. The summed E-state index contributed by atoms with van der Waals surface area (Å²) in [6.45, 7) is 5.43. The Labute approximate surface area is 194 Å². The third-order valence-electron chi connectivity index (χ3n) is 4.50. The van der Waals surface area contributed by atoms with E-state index in [1.807, 2.05) is 37.6 Å². The van der Waals surface area contributed by atoms with Crippen LogP contribution in [0.15, 0.2) is 64.2 Å². The Balaban J connectivity index is 1.92. The lowest BCUT2D eigenvalue weighted by molar-refractivity contribution is -0.137. The molecule has 0 saturated carbocycles. The normalized spacial score (nSPS) is 12.4. The third-order valence-corrected chi connectivity index (χ3v) is 7.40. The summed E-state index contributed by atoms with van der Waals surface area (Å²) in [4.78, 5) is 12.7. The van der Waals surface area contributed by atoms with Crippen LogP contribution in [0.25, 0.3) is 11.1 Å². The molecule has 0 bridgehead atoms. The molecule has 0 saturated heterocycles. The van der Waals surface area contributed by atoms with Gasteiger partial charge in [-0.25, -0.2) is 13.2 Å². The van der Waals surface area contributed by atoms with Crippen molar-refractivity contribution in [1.29, 1.82) is 0 Å². The number of carbonyl (C=O) groups is 1. The number of thiophene rings is 1. The van der Waals surface area contributed by atoms with Crippen molar-refractivity contribution >= 4 is 38.6 Å². The third kappa shape index (κ3) is 6.58. The van der Waals surface area contributed by atoms with Crippen molar-refractivity contribution in [2.24, 2.45) is 5.41 Å². The number of hydrogen-bond donors (Lipinski definition) is 2. The molecule has 0 atom stereocenters. The number of rotatable bonds is 5. The monoisotopic (exact) mass is 496 g/mol. The second-order valence-electron chi connectivity index (χ2n) is 8.70. The van der Waals surface area contributed by atoms with Crippen molar-refractivity contribution in [2.45, 2.75) is 31.8 Å². The number of benzene rings is 2. The highest BCUT2D eigenvalue weighted by Gasteiger charge is 2.30. The van der Waals surface area contributed by atoms with E-state index in [0.717, 1.165) is 17.7 Å². The van der Waals surface area contributed by atoms with E-state index in [1.54, 1.807) is 6.07 Å². The summed E-state index contributed by atoms with van der Waals surface area (Å²) in [5, 5.41) is 8.65. The minimum absolute atomic E-state index is 0.0454. The number of halogens is 3. The zero-order valence-corrected chi connectivity index (χ0v) is 19.8. The maximum Gasteiger partial charge on any atom is 0.416 e. The van der Waals surface area contributed by atoms with E-state index in [4.69, 9.17) is 0 Å². The van der Waals surface area contributed by atoms with Crippen LogP contribution < -0.4 is 10.6 Å². The lowest BCUT2D eigenvalue weighted by atomic mass is 10.0. The maximum atomic E-state index is 13.0. The molecule has 0 unspecified atom stereocenters. The van der Waals surface area contributed by atoms with Crippen LogP contribution in [0.1, 0.15) is 26.3 Å². The standard InChI is InChI=1S/C23H23F3N2O3S2/c1-22(2,3)14-33(30,31)18-7-8-19(15-9-10-32-13-15)20(12-18)28-21(29)27-17-6-4-5-16(11-17)23(24,25)26/h4-13H,14H2,1-3H3,(H2,27,28,29). The fourth-order valence-electron chi connectivity index (χ4n) is 3.20. The molecule has 3 aromatic rings. The van der Waals surface area contributed by atoms with E-state index in [2.05, 4.69) is 10.6 Å². The molecule has 3 rings (SSSR count). The summed E-state index contributed by atoms with van der Waals surface area (Å²) in [6.07, 6.45) is -4.55. The van der Waals surface area contributed by atoms with Gasteiger partial charge >= 0.3 is 12.2 Å². The summed E-state index contributed by atoms with van der Waals surface area (Å²) in [6, 6.07) is 9.75. The molecule has 10 heteroatoms. The largest absolute Gasteiger partial charge is 0.416 e. The first-order valence-electron chi connectivity index (χ1n) is 9.89. The van der Waals surface area contributed by atoms with Gasteiger partial charge in [-0.1, -0.05) is 32.9 Å². The quantitative estimate of drug-likeness (QED) is 0.404. The zero-order chi connectivity index (χ0) is 24.4. The number of amides is 2. The Morgan fingerprint density at radius 3 is 2.33 bits per heavy atom. The summed E-state index contributed by atoms with van der Waals surface area (Å²) >= 11 is 1.43. The summed E-state index contributed by atoms with van der Waals surface area (Å²) in [5.41, 5.74) is 0.178. The molecule has 0 aliphatic rings. The lowest BCUT2D eigenvalue weighted by Crippen LogP contribution is -2.22. The number of nitrogens with one attached hydrogen (secondary N) is 2. The van der Waals surface area contributed by atoms with Crippen LogP contribution >= 0.6 is 11.3 Å². The minimum Gasteiger partial charge on any atom is -0.308 e. The summed E-state index contributed by atoms with van der Waals surface area (Å²) < 4.78 is 64.6. The topological polar surface area (TPSA) is 75.3 Å². The fraction of sp³-hybridized carbons (Fsp3) is 0.261. The van der Waals surface area contributed by atoms with Gasteiger partial charge in [0.2, 0.25) is 0 Å². The average molecular weight is 497 g/mol. The van der Waals surface area contributed by atoms with Crippen LogP contribution in [0.5, 0.6) is 0 Å². The van der Waals surface area contributed by atoms with Crippen LogP contribution in [-0.2, 0) is 16.0 Å². The summed E-state index contributed by atoms with van der Waals surface area (Å²) in [7, 11) is -3.64. The van der Waals surface area contributed by atoms with Gasteiger partial charge in [-0.2, -0.15) is 24.5 Å². The number of urea groups is 1. The van der Waals surface area contributed by atoms with E-state index in [1.165, 1.54) is 35.6 Å². The van der Waals surface area contributed by atoms with E-state index in [-0.39, 0.29) is 22.0 Å². The van der Waals surface area contributed by atoms with E-state index in [9.17, 15) is 26.4 Å². The molecule has 176 valence electrons.